The molecule has 6 aromatic rings. The highest BCUT2D eigenvalue weighted by Crippen LogP contribution is 2.39. The van der Waals surface area contributed by atoms with Gasteiger partial charge in [-0.25, -0.2) is 34.1 Å². The number of aliphatic hydroxyl groups excluding tert-OH is 1. The van der Waals surface area contributed by atoms with Gasteiger partial charge in [0.2, 0.25) is 11.4 Å². The minimum atomic E-state index is -3.38. The Kier molecular flexibility index (Phi) is 18.2. The van der Waals surface area contributed by atoms with Gasteiger partial charge in [0, 0.05) is 6.54 Å². The number of nitrogens with two attached hydrogens (primary N) is 3. The van der Waals surface area contributed by atoms with Gasteiger partial charge < -0.3 is 56.0 Å². The van der Waals surface area contributed by atoms with Gasteiger partial charge in [-0.2, -0.15) is 4.90 Å². The summed E-state index contributed by atoms with van der Waals surface area (Å²) in [6.45, 7) is -0.702. The third kappa shape index (κ3) is 12.5. The SMILES string of the molecule is CCOC(=O)[C@H]1O[C@@H](n2cnc3c(N)ncnc32)[C@H](O)[C@@H]1N(C(=O)[C@@H](N)Cc1ccc(OC)cc1)C(=O)[C@@](CCCNC(=N)N)(C(=O)OCc1ccccc1)N(C(=O)OCc1ccccc1)C(=O)OCc1ccccc1. The molecule has 0 aliphatic carbocycles. The minimum Gasteiger partial charge on any atom is -0.497 e. The molecule has 0 bridgehead atoms. The summed E-state index contributed by atoms with van der Waals surface area (Å²) < 4.78 is 35.6. The number of nitrogens with one attached hydrogen (secondary N) is 2. The van der Waals surface area contributed by atoms with E-state index in [0.717, 1.165) is 12.7 Å². The lowest BCUT2D eigenvalue weighted by molar-refractivity contribution is -0.174. The number of imidazole rings is 1. The zero-order valence-electron chi connectivity index (χ0n) is 41.4. The number of ether oxygens (including phenoxy) is 6. The maximum absolute atomic E-state index is 16.7. The fourth-order valence-corrected chi connectivity index (χ4v) is 8.47. The number of methoxy groups -OCH3 is 1. The van der Waals surface area contributed by atoms with E-state index in [0.29, 0.717) is 32.9 Å². The van der Waals surface area contributed by atoms with Crippen LogP contribution in [0.5, 0.6) is 5.75 Å². The Labute approximate surface area is 435 Å². The van der Waals surface area contributed by atoms with Gasteiger partial charge in [-0.3, -0.25) is 24.5 Å². The second-order valence-corrected chi connectivity index (χ2v) is 17.2. The van der Waals surface area contributed by atoms with E-state index in [1.54, 1.807) is 115 Å². The maximum atomic E-state index is 16.7. The first-order valence-corrected chi connectivity index (χ1v) is 23.9. The van der Waals surface area contributed by atoms with Crippen LogP contribution in [0.15, 0.2) is 128 Å². The number of carbonyl (C=O) groups is 6. The van der Waals surface area contributed by atoms with E-state index in [1.807, 2.05) is 0 Å². The van der Waals surface area contributed by atoms with Crippen molar-refractivity contribution in [1.29, 1.82) is 5.41 Å². The van der Waals surface area contributed by atoms with Crippen LogP contribution < -0.4 is 27.3 Å². The van der Waals surface area contributed by atoms with E-state index in [2.05, 4.69) is 20.3 Å². The number of aromatic nitrogens is 4. The average molecular weight is 1040 g/mol. The minimum absolute atomic E-state index is 0.00877. The zero-order valence-corrected chi connectivity index (χ0v) is 41.4. The number of rotatable bonds is 21. The maximum Gasteiger partial charge on any atom is 0.421 e. The summed E-state index contributed by atoms with van der Waals surface area (Å²) in [6, 6.07) is 27.0. The number of nitrogens with zero attached hydrogens (tertiary/aromatic N) is 6. The first kappa shape index (κ1) is 54.8. The number of imide groups is 2. The largest absolute Gasteiger partial charge is 0.497 e. The number of esters is 2. The van der Waals surface area contributed by atoms with Gasteiger partial charge in [-0.1, -0.05) is 103 Å². The molecule has 4 aromatic carbocycles. The second kappa shape index (κ2) is 25.3. The number of nitrogen functional groups attached to an aromatic ring is 1. The van der Waals surface area contributed by atoms with Gasteiger partial charge >= 0.3 is 24.1 Å². The Morgan fingerprint density at radius 1 is 0.803 bits per heavy atom. The summed E-state index contributed by atoms with van der Waals surface area (Å²) in [7, 11) is 1.45. The van der Waals surface area contributed by atoms with E-state index < -0.39 is 111 Å². The smallest absolute Gasteiger partial charge is 0.421 e. The van der Waals surface area contributed by atoms with Gasteiger partial charge in [0.1, 0.15) is 49.6 Å². The molecule has 6 atom stereocenters. The molecule has 0 unspecified atom stereocenters. The Morgan fingerprint density at radius 2 is 1.37 bits per heavy atom. The van der Waals surface area contributed by atoms with E-state index in [1.165, 1.54) is 18.6 Å². The molecule has 1 saturated heterocycles. The number of hydrogen-bond acceptors (Lipinski definition) is 19. The summed E-state index contributed by atoms with van der Waals surface area (Å²) in [6.07, 6.45) is -8.62. The lowest BCUT2D eigenvalue weighted by atomic mass is 9.87. The molecular weight excluding hydrogens is 987 g/mol. The van der Waals surface area contributed by atoms with Crippen molar-refractivity contribution >= 4 is 58.9 Å². The molecule has 1 aliphatic heterocycles. The number of amides is 4. The third-order valence-electron chi connectivity index (χ3n) is 12.2. The number of anilines is 1. The number of carbonyl (C=O) groups excluding carboxylic acids is 6. The van der Waals surface area contributed by atoms with E-state index in [9.17, 15) is 9.90 Å². The summed E-state index contributed by atoms with van der Waals surface area (Å²) in [5.41, 5.74) is 16.9. The van der Waals surface area contributed by atoms with Crippen molar-refractivity contribution in [2.75, 3.05) is 26.0 Å². The fraction of sp³-hybridized carbons (Fsp3) is 0.308. The number of aliphatic hydroxyl groups is 1. The van der Waals surface area contributed by atoms with Crippen molar-refractivity contribution in [3.05, 3.63) is 150 Å². The molecular formula is C52H57N11O13. The molecule has 24 heteroatoms. The molecule has 1 aliphatic rings. The highest BCUT2D eigenvalue weighted by molar-refractivity contribution is 6.17. The van der Waals surface area contributed by atoms with Gasteiger partial charge in [0.25, 0.3) is 5.91 Å². The van der Waals surface area contributed by atoms with E-state index in [-0.39, 0.29) is 41.5 Å². The first-order valence-electron chi connectivity index (χ1n) is 23.9. The summed E-state index contributed by atoms with van der Waals surface area (Å²) in [5, 5.41) is 23.2. The molecule has 4 amide bonds. The van der Waals surface area contributed by atoms with Crippen molar-refractivity contribution in [2.45, 2.75) is 82.1 Å². The molecule has 76 heavy (non-hydrogen) atoms. The van der Waals surface area contributed by atoms with Gasteiger partial charge in [-0.15, -0.1) is 0 Å². The van der Waals surface area contributed by atoms with Crippen molar-refractivity contribution < 1.29 is 62.3 Å². The van der Waals surface area contributed by atoms with Gasteiger partial charge in [-0.05, 0) is 60.6 Å². The highest BCUT2D eigenvalue weighted by Gasteiger charge is 2.65. The van der Waals surface area contributed by atoms with Crippen LogP contribution in [-0.4, -0.2) is 126 Å². The van der Waals surface area contributed by atoms with Gasteiger partial charge in [0.15, 0.2) is 29.8 Å². The summed E-state index contributed by atoms with van der Waals surface area (Å²) in [4.78, 5) is 106. The second-order valence-electron chi connectivity index (χ2n) is 17.2. The standard InChI is InChI=1S/C52H57N11O13/c1-3-72-46(66)41-39(40(64)45(76-41)61-31-60-38-42(54)58-30-59-43(38)61)62(44(65)37(53)26-32-20-22-36(71-2)23-21-32)47(67)52(24-13-25-57-49(55)56,48(68)73-27-33-14-7-4-8-15-33)63(50(69)74-28-34-16-9-5-10-17-34)51(70)75-29-35-18-11-6-12-19-35/h4-12,14-23,30-31,37,39-41,45,64H,3,13,24-29,53H2,1-2H3,(H2,54,58,59)(H4,55,56,57)/t37-,39-,40+,41-,45+,52-/m0/s1. The average Bonchev–Trinajstić information content (AvgIpc) is 4.03. The Morgan fingerprint density at radius 3 is 1.91 bits per heavy atom. The molecule has 2 aromatic heterocycles. The molecule has 0 radical (unpaired) electrons. The van der Waals surface area contributed by atoms with Crippen LogP contribution >= 0.6 is 0 Å². The van der Waals surface area contributed by atoms with Crippen LogP contribution in [0, 0.1) is 5.41 Å². The predicted molar refractivity (Wildman–Crippen MR) is 270 cm³/mol. The normalized spacial score (nSPS) is 17.1. The zero-order chi connectivity index (χ0) is 54.4. The topological polar surface area (TPSA) is 342 Å². The van der Waals surface area contributed by atoms with E-state index in [4.69, 9.17) is 51.0 Å². The molecule has 7 rings (SSSR count). The Hall–Kier alpha value is -9.00. The number of fused-ring (bicyclic) bond motifs is 1. The fourth-order valence-electron chi connectivity index (χ4n) is 8.47. The van der Waals surface area contributed by atoms with Crippen molar-refractivity contribution in [2.24, 2.45) is 11.5 Å². The Bertz CT molecular complexity index is 2930. The summed E-state index contributed by atoms with van der Waals surface area (Å²) >= 11 is 0. The molecule has 0 saturated carbocycles. The highest BCUT2D eigenvalue weighted by atomic mass is 16.6. The van der Waals surface area contributed by atoms with Crippen LogP contribution in [0.25, 0.3) is 11.2 Å². The van der Waals surface area contributed by atoms with Crippen LogP contribution in [-0.2, 0) is 69.1 Å². The van der Waals surface area contributed by atoms with Crippen molar-refractivity contribution in [1.82, 2.24) is 34.6 Å². The third-order valence-corrected chi connectivity index (χ3v) is 12.2. The van der Waals surface area contributed by atoms with Crippen molar-refractivity contribution in [3.8, 4) is 5.75 Å². The van der Waals surface area contributed by atoms with Crippen LogP contribution in [0.4, 0.5) is 15.4 Å². The molecule has 3 heterocycles. The molecule has 398 valence electrons. The Balaban J connectivity index is 1.47. The molecule has 1 fully saturated rings. The molecule has 24 nitrogen and oxygen atoms in total. The number of hydrogen-bond donors (Lipinski definition) is 6. The molecule has 0 spiro atoms. The summed E-state index contributed by atoms with van der Waals surface area (Å²) in [5.74, 6) is -6.02. The van der Waals surface area contributed by atoms with Crippen molar-refractivity contribution in [3.63, 3.8) is 0 Å². The first-order chi connectivity index (χ1) is 36.7. The predicted octanol–water partition coefficient (Wildman–Crippen LogP) is 3.25. The number of benzene rings is 4. The van der Waals surface area contributed by atoms with E-state index >= 15 is 24.0 Å². The van der Waals surface area contributed by atoms with Crippen LogP contribution in [0.3, 0.4) is 0 Å². The van der Waals surface area contributed by atoms with Gasteiger partial charge in [0.05, 0.1) is 26.1 Å². The lowest BCUT2D eigenvalue weighted by Crippen LogP contribution is -2.72. The van der Waals surface area contributed by atoms with Crippen LogP contribution in [0.2, 0.25) is 0 Å². The number of guanidine groups is 1. The molecule has 9 N–H and O–H groups in total. The quantitative estimate of drug-likeness (QED) is 0.0150. The lowest BCUT2D eigenvalue weighted by Gasteiger charge is -2.43. The monoisotopic (exact) mass is 1040 g/mol. The van der Waals surface area contributed by atoms with Crippen LogP contribution in [0.1, 0.15) is 48.2 Å².